The number of hydrogen-bond acceptors (Lipinski definition) is 2. The Hall–Kier alpha value is -1.70. The summed E-state index contributed by atoms with van der Waals surface area (Å²) < 4.78 is 0. The van der Waals surface area contributed by atoms with Crippen LogP contribution in [0.25, 0.3) is 11.4 Å². The molecule has 0 saturated carbocycles. The van der Waals surface area contributed by atoms with E-state index in [4.69, 9.17) is 0 Å². The number of nitrogens with zero attached hydrogens (tertiary/aromatic N) is 2. The van der Waals surface area contributed by atoms with Crippen molar-refractivity contribution in [1.29, 1.82) is 0 Å². The molecule has 0 aliphatic carbocycles. The van der Waals surface area contributed by atoms with Crippen LogP contribution in [0, 0.1) is 5.41 Å². The van der Waals surface area contributed by atoms with Crippen LogP contribution in [-0.4, -0.2) is 9.97 Å². The van der Waals surface area contributed by atoms with Gasteiger partial charge in [-0.1, -0.05) is 32.9 Å². The minimum Gasteiger partial charge on any atom is -0.255 e. The van der Waals surface area contributed by atoms with E-state index in [1.54, 1.807) is 0 Å². The van der Waals surface area contributed by atoms with Crippen molar-refractivity contribution in [2.75, 3.05) is 0 Å². The van der Waals surface area contributed by atoms with Gasteiger partial charge in [-0.05, 0) is 42.0 Å². The highest BCUT2D eigenvalue weighted by Gasteiger charge is 2.13. The normalized spacial score (nSPS) is 11.5. The molecule has 0 radical (unpaired) electrons. The van der Waals surface area contributed by atoms with E-state index >= 15 is 0 Å². The molecule has 0 saturated heterocycles. The van der Waals surface area contributed by atoms with Crippen LogP contribution in [0.1, 0.15) is 32.8 Å². The molecular weight excluding hydrogens is 220 g/mol. The molecule has 0 aromatic carbocycles. The van der Waals surface area contributed by atoms with Gasteiger partial charge < -0.3 is 0 Å². The van der Waals surface area contributed by atoms with Crippen molar-refractivity contribution in [2.45, 2.75) is 33.6 Å². The van der Waals surface area contributed by atoms with E-state index in [0.717, 1.165) is 24.2 Å². The summed E-state index contributed by atoms with van der Waals surface area (Å²) in [6.45, 7) is 6.80. The summed E-state index contributed by atoms with van der Waals surface area (Å²) in [6.07, 6.45) is 5.85. The molecule has 2 rings (SSSR count). The molecule has 0 aliphatic heterocycles. The molecule has 0 N–H and O–H groups in total. The van der Waals surface area contributed by atoms with Gasteiger partial charge in [-0.15, -0.1) is 0 Å². The van der Waals surface area contributed by atoms with Crippen molar-refractivity contribution in [3.8, 4) is 11.4 Å². The van der Waals surface area contributed by atoms with Gasteiger partial charge in [-0.3, -0.25) is 9.97 Å². The van der Waals surface area contributed by atoms with Crippen LogP contribution in [-0.2, 0) is 6.42 Å². The Morgan fingerprint density at radius 3 is 2.39 bits per heavy atom. The molecule has 2 aromatic heterocycles. The van der Waals surface area contributed by atoms with Crippen LogP contribution >= 0.6 is 0 Å². The molecule has 18 heavy (non-hydrogen) atoms. The number of aryl methyl sites for hydroxylation is 1. The van der Waals surface area contributed by atoms with E-state index in [-0.39, 0.29) is 0 Å². The van der Waals surface area contributed by atoms with E-state index < -0.39 is 0 Å². The van der Waals surface area contributed by atoms with Crippen molar-refractivity contribution in [3.63, 3.8) is 0 Å². The molecule has 0 fully saturated rings. The summed E-state index contributed by atoms with van der Waals surface area (Å²) in [4.78, 5) is 8.88. The lowest BCUT2D eigenvalue weighted by molar-refractivity contribution is 0.378. The van der Waals surface area contributed by atoms with Crippen LogP contribution in [0.15, 0.2) is 42.7 Å². The predicted octanol–water partition coefficient (Wildman–Crippen LogP) is 4.12. The standard InChI is InChI=1S/C16H20N2/c1-16(2,3)10-9-13-7-6-12-18-15(13)14-8-4-5-11-17-14/h4-8,11-12H,9-10H2,1-3H3. The van der Waals surface area contributed by atoms with Gasteiger partial charge in [0.25, 0.3) is 0 Å². The molecule has 0 spiro atoms. The molecule has 0 unspecified atom stereocenters. The molecule has 2 nitrogen and oxygen atoms in total. The van der Waals surface area contributed by atoms with Crippen molar-refractivity contribution in [3.05, 3.63) is 48.3 Å². The second-order valence-corrected chi connectivity index (χ2v) is 5.79. The summed E-state index contributed by atoms with van der Waals surface area (Å²) >= 11 is 0. The zero-order valence-corrected chi connectivity index (χ0v) is 11.4. The van der Waals surface area contributed by atoms with Gasteiger partial charge in [0.2, 0.25) is 0 Å². The number of rotatable bonds is 3. The zero-order chi connectivity index (χ0) is 13.0. The third-order valence-corrected chi connectivity index (χ3v) is 2.94. The van der Waals surface area contributed by atoms with Gasteiger partial charge in [0, 0.05) is 12.4 Å². The largest absolute Gasteiger partial charge is 0.255 e. The maximum atomic E-state index is 4.49. The Balaban J connectivity index is 2.27. The fraction of sp³-hybridized carbons (Fsp3) is 0.375. The number of aromatic nitrogens is 2. The summed E-state index contributed by atoms with van der Waals surface area (Å²) in [6, 6.07) is 10.1. The van der Waals surface area contributed by atoms with E-state index in [2.05, 4.69) is 36.8 Å². The van der Waals surface area contributed by atoms with Gasteiger partial charge in [0.1, 0.15) is 0 Å². The number of pyridine rings is 2. The highest BCUT2D eigenvalue weighted by atomic mass is 14.8. The van der Waals surface area contributed by atoms with Crippen molar-refractivity contribution in [2.24, 2.45) is 5.41 Å². The van der Waals surface area contributed by atoms with Crippen LogP contribution < -0.4 is 0 Å². The summed E-state index contributed by atoms with van der Waals surface area (Å²) in [5.74, 6) is 0. The molecule has 2 aromatic rings. The summed E-state index contributed by atoms with van der Waals surface area (Å²) in [5, 5.41) is 0. The van der Waals surface area contributed by atoms with Crippen molar-refractivity contribution in [1.82, 2.24) is 9.97 Å². The minimum absolute atomic E-state index is 0.344. The molecule has 0 bridgehead atoms. The number of hydrogen-bond donors (Lipinski definition) is 0. The average molecular weight is 240 g/mol. The van der Waals surface area contributed by atoms with Crippen LogP contribution in [0.5, 0.6) is 0 Å². The summed E-state index contributed by atoms with van der Waals surface area (Å²) in [5.41, 5.74) is 3.60. The molecule has 0 amide bonds. The van der Waals surface area contributed by atoms with E-state index in [0.29, 0.717) is 5.41 Å². The first-order valence-corrected chi connectivity index (χ1v) is 6.41. The minimum atomic E-state index is 0.344. The van der Waals surface area contributed by atoms with Crippen LogP contribution in [0.4, 0.5) is 0 Å². The average Bonchev–Trinajstić information content (AvgIpc) is 2.37. The first-order valence-electron chi connectivity index (χ1n) is 6.41. The van der Waals surface area contributed by atoms with E-state index in [9.17, 15) is 0 Å². The van der Waals surface area contributed by atoms with Crippen LogP contribution in [0.2, 0.25) is 0 Å². The second kappa shape index (κ2) is 5.30. The lowest BCUT2D eigenvalue weighted by atomic mass is 9.88. The molecule has 0 atom stereocenters. The smallest absolute Gasteiger partial charge is 0.0918 e. The SMILES string of the molecule is CC(C)(C)CCc1cccnc1-c1ccccn1. The van der Waals surface area contributed by atoms with Crippen molar-refractivity contribution < 1.29 is 0 Å². The topological polar surface area (TPSA) is 25.8 Å². The lowest BCUT2D eigenvalue weighted by Crippen LogP contribution is -2.07. The lowest BCUT2D eigenvalue weighted by Gasteiger charge is -2.18. The maximum absolute atomic E-state index is 4.49. The Morgan fingerprint density at radius 1 is 0.944 bits per heavy atom. The monoisotopic (exact) mass is 240 g/mol. The van der Waals surface area contributed by atoms with Crippen LogP contribution in [0.3, 0.4) is 0 Å². The Morgan fingerprint density at radius 2 is 1.72 bits per heavy atom. The van der Waals surface area contributed by atoms with Gasteiger partial charge >= 0.3 is 0 Å². The molecule has 94 valence electrons. The second-order valence-electron chi connectivity index (χ2n) is 5.79. The first-order chi connectivity index (χ1) is 8.56. The third-order valence-electron chi connectivity index (χ3n) is 2.94. The molecular formula is C16H20N2. The fourth-order valence-electron chi connectivity index (χ4n) is 1.88. The van der Waals surface area contributed by atoms with Gasteiger partial charge in [-0.25, -0.2) is 0 Å². The van der Waals surface area contributed by atoms with Gasteiger partial charge in [0.15, 0.2) is 0 Å². The van der Waals surface area contributed by atoms with E-state index in [1.165, 1.54) is 5.56 Å². The van der Waals surface area contributed by atoms with Gasteiger partial charge in [0.05, 0.1) is 11.4 Å². The Kier molecular flexibility index (Phi) is 3.75. The van der Waals surface area contributed by atoms with Gasteiger partial charge in [-0.2, -0.15) is 0 Å². The third kappa shape index (κ3) is 3.39. The van der Waals surface area contributed by atoms with E-state index in [1.807, 2.05) is 36.7 Å². The maximum Gasteiger partial charge on any atom is 0.0918 e. The predicted molar refractivity (Wildman–Crippen MR) is 75.2 cm³/mol. The molecule has 2 heteroatoms. The quantitative estimate of drug-likeness (QED) is 0.806. The highest BCUT2D eigenvalue weighted by Crippen LogP contribution is 2.25. The summed E-state index contributed by atoms with van der Waals surface area (Å²) in [7, 11) is 0. The van der Waals surface area contributed by atoms with Crippen molar-refractivity contribution >= 4 is 0 Å². The first kappa shape index (κ1) is 12.7. The fourth-order valence-corrected chi connectivity index (χ4v) is 1.88. The molecule has 0 aliphatic rings. The zero-order valence-electron chi connectivity index (χ0n) is 11.4. The molecule has 2 heterocycles. The Bertz CT molecular complexity index is 498. The Labute approximate surface area is 109 Å². The highest BCUT2D eigenvalue weighted by molar-refractivity contribution is 5.58.